The van der Waals surface area contributed by atoms with Gasteiger partial charge in [-0.2, -0.15) is 0 Å². The molecule has 21 heavy (non-hydrogen) atoms. The fourth-order valence-corrected chi connectivity index (χ4v) is 1.95. The molecule has 1 aromatic heterocycles. The van der Waals surface area contributed by atoms with Crippen LogP contribution in [0.15, 0.2) is 36.4 Å². The summed E-state index contributed by atoms with van der Waals surface area (Å²) in [6.45, 7) is 6.00. The zero-order valence-electron chi connectivity index (χ0n) is 12.5. The average Bonchev–Trinajstić information content (AvgIpc) is 2.47. The highest BCUT2D eigenvalue weighted by atomic mass is 16.5. The van der Waals surface area contributed by atoms with Crippen LogP contribution in [0.1, 0.15) is 48.3 Å². The number of aromatic nitrogens is 1. The Morgan fingerprint density at radius 3 is 2.67 bits per heavy atom. The quantitative estimate of drug-likeness (QED) is 0.891. The molecule has 2 aromatic rings. The monoisotopic (exact) mass is 285 g/mol. The Labute approximate surface area is 124 Å². The third-order valence-electron chi connectivity index (χ3n) is 3.19. The zero-order chi connectivity index (χ0) is 15.4. The maximum Gasteiger partial charge on any atom is 0.335 e. The summed E-state index contributed by atoms with van der Waals surface area (Å²) in [7, 11) is 0. The van der Waals surface area contributed by atoms with Crippen molar-refractivity contribution in [3.05, 3.63) is 53.2 Å². The number of hydrogen-bond donors (Lipinski definition) is 1. The maximum absolute atomic E-state index is 11.2. The van der Waals surface area contributed by atoms with E-state index in [0.29, 0.717) is 17.3 Å². The molecule has 0 saturated carbocycles. The average molecular weight is 285 g/mol. The van der Waals surface area contributed by atoms with Gasteiger partial charge in [-0.25, -0.2) is 9.78 Å². The smallest absolute Gasteiger partial charge is 0.335 e. The van der Waals surface area contributed by atoms with Crippen LogP contribution in [0.4, 0.5) is 0 Å². The third kappa shape index (κ3) is 3.81. The van der Waals surface area contributed by atoms with Crippen molar-refractivity contribution in [2.24, 2.45) is 0 Å². The Hall–Kier alpha value is -2.36. The van der Waals surface area contributed by atoms with Crippen LogP contribution in [0.25, 0.3) is 0 Å². The fraction of sp³-hybridized carbons (Fsp3) is 0.294. The summed E-state index contributed by atoms with van der Waals surface area (Å²) in [6.07, 6.45) is 0.914. The van der Waals surface area contributed by atoms with Crippen LogP contribution in [0, 0.1) is 0 Å². The van der Waals surface area contributed by atoms with Gasteiger partial charge in [0.25, 0.3) is 0 Å². The number of ether oxygens (including phenoxy) is 1. The standard InChI is InChI=1S/C17H19NO3/c1-4-12-6-5-7-14(8-12)21-16-10-13(17(19)20)9-15(18-16)11(2)3/h5-11H,4H2,1-3H3,(H,19,20). The number of carboxylic acids is 1. The van der Waals surface area contributed by atoms with Crippen molar-refractivity contribution >= 4 is 5.97 Å². The van der Waals surface area contributed by atoms with Crippen molar-refractivity contribution < 1.29 is 14.6 Å². The summed E-state index contributed by atoms with van der Waals surface area (Å²) in [5.41, 5.74) is 2.05. The lowest BCUT2D eigenvalue weighted by Gasteiger charge is -2.11. The molecule has 0 radical (unpaired) electrons. The molecule has 0 unspecified atom stereocenters. The molecule has 0 saturated heterocycles. The second-order valence-electron chi connectivity index (χ2n) is 5.18. The molecule has 110 valence electrons. The molecule has 1 aromatic carbocycles. The molecule has 2 rings (SSSR count). The van der Waals surface area contributed by atoms with Crippen molar-refractivity contribution in [3.8, 4) is 11.6 Å². The Kier molecular flexibility index (Phi) is 4.58. The first-order valence-corrected chi connectivity index (χ1v) is 7.01. The number of hydrogen-bond acceptors (Lipinski definition) is 3. The van der Waals surface area contributed by atoms with E-state index in [4.69, 9.17) is 4.74 Å². The lowest BCUT2D eigenvalue weighted by Crippen LogP contribution is -2.03. The highest BCUT2D eigenvalue weighted by molar-refractivity contribution is 5.88. The van der Waals surface area contributed by atoms with Crippen LogP contribution in [0.5, 0.6) is 11.6 Å². The summed E-state index contributed by atoms with van der Waals surface area (Å²) in [4.78, 5) is 15.6. The molecule has 0 amide bonds. The van der Waals surface area contributed by atoms with Gasteiger partial charge in [0.05, 0.1) is 5.56 Å². The van der Waals surface area contributed by atoms with Gasteiger partial charge in [-0.15, -0.1) is 0 Å². The number of aromatic carboxylic acids is 1. The van der Waals surface area contributed by atoms with E-state index in [-0.39, 0.29) is 11.5 Å². The molecule has 0 aliphatic rings. The molecule has 0 aliphatic carbocycles. The minimum absolute atomic E-state index is 0.133. The molecule has 0 aliphatic heterocycles. The summed E-state index contributed by atoms with van der Waals surface area (Å²) in [5, 5.41) is 9.18. The van der Waals surface area contributed by atoms with Gasteiger partial charge in [0.15, 0.2) is 0 Å². The largest absolute Gasteiger partial charge is 0.478 e. The topological polar surface area (TPSA) is 59.4 Å². The molecule has 4 nitrogen and oxygen atoms in total. The Morgan fingerprint density at radius 2 is 2.05 bits per heavy atom. The Bertz CT molecular complexity index is 650. The Balaban J connectivity index is 2.36. The molecule has 0 atom stereocenters. The number of aryl methyl sites for hydroxylation is 1. The van der Waals surface area contributed by atoms with Gasteiger partial charge in [-0.3, -0.25) is 0 Å². The van der Waals surface area contributed by atoms with Gasteiger partial charge in [0, 0.05) is 11.8 Å². The minimum Gasteiger partial charge on any atom is -0.478 e. The minimum atomic E-state index is -0.980. The number of benzene rings is 1. The van der Waals surface area contributed by atoms with Crippen LogP contribution in [-0.2, 0) is 6.42 Å². The van der Waals surface area contributed by atoms with Gasteiger partial charge < -0.3 is 9.84 Å². The van der Waals surface area contributed by atoms with Crippen molar-refractivity contribution in [1.29, 1.82) is 0 Å². The van der Waals surface area contributed by atoms with E-state index in [1.807, 2.05) is 38.1 Å². The van der Waals surface area contributed by atoms with Crippen LogP contribution in [0.3, 0.4) is 0 Å². The van der Waals surface area contributed by atoms with Crippen molar-refractivity contribution in [3.63, 3.8) is 0 Å². The van der Waals surface area contributed by atoms with Gasteiger partial charge in [0.1, 0.15) is 5.75 Å². The summed E-state index contributed by atoms with van der Waals surface area (Å²) >= 11 is 0. The summed E-state index contributed by atoms with van der Waals surface area (Å²) in [5.74, 6) is 0.131. The molecule has 0 fully saturated rings. The highest BCUT2D eigenvalue weighted by Gasteiger charge is 2.12. The summed E-state index contributed by atoms with van der Waals surface area (Å²) < 4.78 is 5.73. The first kappa shape index (κ1) is 15.0. The van der Waals surface area contributed by atoms with E-state index in [2.05, 4.69) is 11.9 Å². The molecular formula is C17H19NO3. The lowest BCUT2D eigenvalue weighted by atomic mass is 10.1. The van der Waals surface area contributed by atoms with E-state index in [1.165, 1.54) is 6.07 Å². The number of pyridine rings is 1. The van der Waals surface area contributed by atoms with E-state index in [0.717, 1.165) is 12.0 Å². The van der Waals surface area contributed by atoms with E-state index in [9.17, 15) is 9.90 Å². The second-order valence-corrected chi connectivity index (χ2v) is 5.18. The first-order chi connectivity index (χ1) is 9.99. The molecule has 1 heterocycles. The third-order valence-corrected chi connectivity index (χ3v) is 3.19. The molecule has 4 heteroatoms. The Morgan fingerprint density at radius 1 is 1.29 bits per heavy atom. The number of nitrogens with zero attached hydrogens (tertiary/aromatic N) is 1. The SMILES string of the molecule is CCc1cccc(Oc2cc(C(=O)O)cc(C(C)C)n2)c1. The lowest BCUT2D eigenvalue weighted by molar-refractivity contribution is 0.0696. The van der Waals surface area contributed by atoms with Crippen LogP contribution >= 0.6 is 0 Å². The molecule has 1 N–H and O–H groups in total. The molecule has 0 bridgehead atoms. The van der Waals surface area contributed by atoms with Gasteiger partial charge in [-0.1, -0.05) is 32.9 Å². The fourth-order valence-electron chi connectivity index (χ4n) is 1.95. The molecule has 0 spiro atoms. The number of carboxylic acid groups (broad SMARTS) is 1. The predicted molar refractivity (Wildman–Crippen MR) is 81.2 cm³/mol. The second kappa shape index (κ2) is 6.39. The number of carbonyl (C=O) groups is 1. The van der Waals surface area contributed by atoms with Crippen molar-refractivity contribution in [2.45, 2.75) is 33.1 Å². The normalized spacial score (nSPS) is 10.7. The van der Waals surface area contributed by atoms with Crippen LogP contribution in [0.2, 0.25) is 0 Å². The maximum atomic E-state index is 11.2. The van der Waals surface area contributed by atoms with Crippen molar-refractivity contribution in [1.82, 2.24) is 4.98 Å². The zero-order valence-corrected chi connectivity index (χ0v) is 12.5. The predicted octanol–water partition coefficient (Wildman–Crippen LogP) is 4.26. The van der Waals surface area contributed by atoms with E-state index >= 15 is 0 Å². The van der Waals surface area contributed by atoms with Gasteiger partial charge in [-0.05, 0) is 36.1 Å². The molecular weight excluding hydrogens is 266 g/mol. The van der Waals surface area contributed by atoms with Crippen LogP contribution < -0.4 is 4.74 Å². The highest BCUT2D eigenvalue weighted by Crippen LogP contribution is 2.24. The van der Waals surface area contributed by atoms with E-state index < -0.39 is 5.97 Å². The van der Waals surface area contributed by atoms with Crippen LogP contribution in [-0.4, -0.2) is 16.1 Å². The summed E-state index contributed by atoms with van der Waals surface area (Å²) in [6, 6.07) is 10.7. The number of rotatable bonds is 5. The van der Waals surface area contributed by atoms with Gasteiger partial charge in [0.2, 0.25) is 5.88 Å². The van der Waals surface area contributed by atoms with E-state index in [1.54, 1.807) is 6.07 Å². The first-order valence-electron chi connectivity index (χ1n) is 7.01. The van der Waals surface area contributed by atoms with Gasteiger partial charge >= 0.3 is 5.97 Å². The van der Waals surface area contributed by atoms with Crippen molar-refractivity contribution in [2.75, 3.05) is 0 Å².